The first-order valence-electron chi connectivity index (χ1n) is 5.91. The maximum absolute atomic E-state index is 11.6. The van der Waals surface area contributed by atoms with E-state index in [-0.39, 0.29) is 6.29 Å². The minimum Gasteiger partial charge on any atom is -0.353 e. The summed E-state index contributed by atoms with van der Waals surface area (Å²) in [5.41, 5.74) is 0. The topological polar surface area (TPSA) is 35.5 Å². The number of hydrogen-bond donors (Lipinski definition) is 0. The van der Waals surface area contributed by atoms with E-state index < -0.39 is 10.8 Å². The molecule has 1 unspecified atom stereocenters. The van der Waals surface area contributed by atoms with Gasteiger partial charge in [-0.1, -0.05) is 19.8 Å². The summed E-state index contributed by atoms with van der Waals surface area (Å²) in [4.78, 5) is 0. The number of unbranched alkanes of at least 4 members (excludes halogenated alkanes) is 2. The van der Waals surface area contributed by atoms with E-state index in [4.69, 9.17) is 9.47 Å². The van der Waals surface area contributed by atoms with Gasteiger partial charge < -0.3 is 9.47 Å². The Morgan fingerprint density at radius 2 is 1.93 bits per heavy atom. The Kier molecular flexibility index (Phi) is 7.22. The minimum absolute atomic E-state index is 0.103. The molecule has 0 aromatic heterocycles. The van der Waals surface area contributed by atoms with Crippen molar-refractivity contribution in [2.45, 2.75) is 45.3 Å². The van der Waals surface area contributed by atoms with Crippen molar-refractivity contribution >= 4 is 10.8 Å². The van der Waals surface area contributed by atoms with Crippen LogP contribution >= 0.6 is 0 Å². The normalized spacial score (nSPS) is 20.3. The largest absolute Gasteiger partial charge is 0.353 e. The predicted octanol–water partition coefficient (Wildman–Crippen LogP) is 2.08. The van der Waals surface area contributed by atoms with Gasteiger partial charge in [0.25, 0.3) is 0 Å². The zero-order valence-electron chi connectivity index (χ0n) is 9.57. The molecule has 1 heterocycles. The van der Waals surface area contributed by atoms with Gasteiger partial charge in [0, 0.05) is 28.7 Å². The van der Waals surface area contributed by atoms with Crippen LogP contribution in [0.3, 0.4) is 0 Å². The molecule has 1 atom stereocenters. The second-order valence-corrected chi connectivity index (χ2v) is 5.56. The molecule has 1 rings (SSSR count). The predicted molar refractivity (Wildman–Crippen MR) is 62.3 cm³/mol. The molecule has 0 aromatic rings. The Morgan fingerprint density at radius 3 is 2.60 bits per heavy atom. The molecule has 0 spiro atoms. The minimum atomic E-state index is -0.683. The van der Waals surface area contributed by atoms with E-state index in [1.165, 1.54) is 12.8 Å². The Morgan fingerprint density at radius 1 is 1.20 bits per heavy atom. The molecular formula is C11H22O3S. The maximum Gasteiger partial charge on any atom is 0.158 e. The summed E-state index contributed by atoms with van der Waals surface area (Å²) in [7, 11) is -0.683. The first-order chi connectivity index (χ1) is 7.33. The van der Waals surface area contributed by atoms with Crippen LogP contribution in [-0.2, 0) is 20.3 Å². The standard InChI is InChI=1S/C11H22O3S/c1-2-3-4-9-15(12)10-6-11-13-7-5-8-14-11/h11H,2-10H2,1H3. The van der Waals surface area contributed by atoms with Gasteiger partial charge in [-0.2, -0.15) is 0 Å². The van der Waals surface area contributed by atoms with Crippen LogP contribution in [0.15, 0.2) is 0 Å². The highest BCUT2D eigenvalue weighted by Crippen LogP contribution is 2.09. The Hall–Kier alpha value is 0.0700. The van der Waals surface area contributed by atoms with Crippen LogP contribution in [0.1, 0.15) is 39.0 Å². The van der Waals surface area contributed by atoms with E-state index in [0.29, 0.717) is 5.75 Å². The van der Waals surface area contributed by atoms with E-state index in [1.54, 1.807) is 0 Å². The lowest BCUT2D eigenvalue weighted by atomic mass is 10.3. The van der Waals surface area contributed by atoms with Crippen molar-refractivity contribution in [1.82, 2.24) is 0 Å². The van der Waals surface area contributed by atoms with E-state index in [0.717, 1.165) is 38.2 Å². The smallest absolute Gasteiger partial charge is 0.158 e. The quantitative estimate of drug-likeness (QED) is 0.633. The zero-order valence-corrected chi connectivity index (χ0v) is 10.4. The SMILES string of the molecule is CCCCCS(=O)CCC1OCCCO1. The molecule has 15 heavy (non-hydrogen) atoms. The summed E-state index contributed by atoms with van der Waals surface area (Å²) >= 11 is 0. The molecule has 0 N–H and O–H groups in total. The summed E-state index contributed by atoms with van der Waals surface area (Å²) in [5.74, 6) is 1.55. The lowest BCUT2D eigenvalue weighted by molar-refractivity contribution is -0.178. The molecule has 0 radical (unpaired) electrons. The third-order valence-corrected chi connectivity index (χ3v) is 3.89. The van der Waals surface area contributed by atoms with Gasteiger partial charge in [0.2, 0.25) is 0 Å². The van der Waals surface area contributed by atoms with Crippen LogP contribution < -0.4 is 0 Å². The molecule has 1 saturated heterocycles. The van der Waals surface area contributed by atoms with Crippen molar-refractivity contribution < 1.29 is 13.7 Å². The van der Waals surface area contributed by atoms with E-state index in [1.807, 2.05) is 0 Å². The molecule has 4 heteroatoms. The maximum atomic E-state index is 11.6. The van der Waals surface area contributed by atoms with Gasteiger partial charge in [0.15, 0.2) is 6.29 Å². The molecule has 0 saturated carbocycles. The third kappa shape index (κ3) is 6.28. The zero-order chi connectivity index (χ0) is 10.9. The molecule has 3 nitrogen and oxygen atoms in total. The molecule has 90 valence electrons. The van der Waals surface area contributed by atoms with Crippen molar-refractivity contribution in [1.29, 1.82) is 0 Å². The van der Waals surface area contributed by atoms with Gasteiger partial charge >= 0.3 is 0 Å². The summed E-state index contributed by atoms with van der Waals surface area (Å²) in [6.07, 6.45) is 5.10. The Labute approximate surface area is 95.0 Å². The third-order valence-electron chi connectivity index (χ3n) is 2.45. The highest BCUT2D eigenvalue weighted by Gasteiger charge is 2.14. The molecule has 0 aliphatic carbocycles. The van der Waals surface area contributed by atoms with Gasteiger partial charge in [0.1, 0.15) is 0 Å². The fraction of sp³-hybridized carbons (Fsp3) is 1.00. The highest BCUT2D eigenvalue weighted by molar-refractivity contribution is 7.84. The molecule has 0 aromatic carbocycles. The first kappa shape index (κ1) is 13.1. The molecule has 1 fully saturated rings. The van der Waals surface area contributed by atoms with Crippen LogP contribution in [-0.4, -0.2) is 35.2 Å². The fourth-order valence-electron chi connectivity index (χ4n) is 1.55. The lowest BCUT2D eigenvalue weighted by Crippen LogP contribution is -2.26. The van der Waals surface area contributed by atoms with Gasteiger partial charge in [-0.15, -0.1) is 0 Å². The van der Waals surface area contributed by atoms with Gasteiger partial charge in [-0.3, -0.25) is 4.21 Å². The molecule has 0 bridgehead atoms. The fourth-order valence-corrected chi connectivity index (χ4v) is 2.73. The summed E-state index contributed by atoms with van der Waals surface area (Å²) in [5, 5.41) is 0. The second kappa shape index (κ2) is 8.25. The summed E-state index contributed by atoms with van der Waals surface area (Å²) < 4.78 is 22.4. The molecular weight excluding hydrogens is 212 g/mol. The second-order valence-electron chi connectivity index (χ2n) is 3.87. The Balaban J connectivity index is 2.00. The highest BCUT2D eigenvalue weighted by atomic mass is 32.2. The van der Waals surface area contributed by atoms with Crippen molar-refractivity contribution in [3.05, 3.63) is 0 Å². The van der Waals surface area contributed by atoms with Crippen molar-refractivity contribution in [2.75, 3.05) is 24.7 Å². The van der Waals surface area contributed by atoms with E-state index in [2.05, 4.69) is 6.92 Å². The Bertz CT molecular complexity index is 179. The van der Waals surface area contributed by atoms with Gasteiger partial charge in [0.05, 0.1) is 13.2 Å². The molecule has 0 amide bonds. The van der Waals surface area contributed by atoms with Crippen LogP contribution in [0.25, 0.3) is 0 Å². The van der Waals surface area contributed by atoms with Gasteiger partial charge in [-0.25, -0.2) is 0 Å². The van der Waals surface area contributed by atoms with Crippen LogP contribution in [0.2, 0.25) is 0 Å². The molecule has 1 aliphatic heterocycles. The lowest BCUT2D eigenvalue weighted by Gasteiger charge is -2.22. The number of rotatable bonds is 7. The monoisotopic (exact) mass is 234 g/mol. The first-order valence-corrected chi connectivity index (χ1v) is 7.40. The van der Waals surface area contributed by atoms with Crippen molar-refractivity contribution in [2.24, 2.45) is 0 Å². The average Bonchev–Trinajstić information content (AvgIpc) is 2.28. The van der Waals surface area contributed by atoms with Crippen LogP contribution in [0.5, 0.6) is 0 Å². The van der Waals surface area contributed by atoms with Crippen LogP contribution in [0, 0.1) is 0 Å². The van der Waals surface area contributed by atoms with Gasteiger partial charge in [-0.05, 0) is 12.8 Å². The van der Waals surface area contributed by atoms with E-state index >= 15 is 0 Å². The van der Waals surface area contributed by atoms with E-state index in [9.17, 15) is 4.21 Å². The molecule has 1 aliphatic rings. The van der Waals surface area contributed by atoms with Crippen molar-refractivity contribution in [3.8, 4) is 0 Å². The van der Waals surface area contributed by atoms with Crippen LogP contribution in [0.4, 0.5) is 0 Å². The average molecular weight is 234 g/mol. The number of hydrogen-bond acceptors (Lipinski definition) is 3. The number of ether oxygens (including phenoxy) is 2. The van der Waals surface area contributed by atoms with Crippen molar-refractivity contribution in [3.63, 3.8) is 0 Å². The summed E-state index contributed by atoms with van der Waals surface area (Å²) in [6.45, 7) is 3.73. The summed E-state index contributed by atoms with van der Waals surface area (Å²) in [6, 6.07) is 0.